The minimum absolute atomic E-state index is 0.358. The number of nitrogens with one attached hydrogen (secondary N) is 1. The van der Waals surface area contributed by atoms with Gasteiger partial charge in [-0.1, -0.05) is 19.9 Å². The van der Waals surface area contributed by atoms with Gasteiger partial charge < -0.3 is 20.7 Å². The molecule has 4 aromatic rings. The highest BCUT2D eigenvalue weighted by Crippen LogP contribution is 2.22. The summed E-state index contributed by atoms with van der Waals surface area (Å²) in [5, 5.41) is 11.5. The van der Waals surface area contributed by atoms with Gasteiger partial charge in [-0.25, -0.2) is 9.97 Å². The lowest BCUT2D eigenvalue weighted by Gasteiger charge is -2.27. The summed E-state index contributed by atoms with van der Waals surface area (Å²) in [6.07, 6.45) is 8.71. The van der Waals surface area contributed by atoms with Gasteiger partial charge >= 0.3 is 0 Å². The Labute approximate surface area is 221 Å². The minimum Gasteiger partial charge on any atom is -0.404 e. The first-order chi connectivity index (χ1) is 18.6. The first kappa shape index (κ1) is 25.2. The van der Waals surface area contributed by atoms with Crippen LogP contribution in [0.3, 0.4) is 0 Å². The highest BCUT2D eigenvalue weighted by Gasteiger charge is 2.12. The number of hydrogen-bond donors (Lipinski definition) is 2. The number of hydrogen-bond acceptors (Lipinski definition) is 10. The Morgan fingerprint density at radius 1 is 1.05 bits per heavy atom. The largest absolute Gasteiger partial charge is 0.404 e. The molecule has 0 unspecified atom stereocenters. The van der Waals surface area contributed by atoms with Crippen LogP contribution in [-0.4, -0.2) is 57.7 Å². The van der Waals surface area contributed by atoms with E-state index in [2.05, 4.69) is 55.3 Å². The van der Waals surface area contributed by atoms with Crippen molar-refractivity contribution in [3.8, 4) is 0 Å². The average molecular weight is 510 g/mol. The summed E-state index contributed by atoms with van der Waals surface area (Å²) in [5.41, 5.74) is 11.2. The maximum absolute atomic E-state index is 5.94. The van der Waals surface area contributed by atoms with Crippen LogP contribution in [0.2, 0.25) is 0 Å². The second kappa shape index (κ2) is 11.7. The molecule has 5 rings (SSSR count). The molecule has 0 spiro atoms. The lowest BCUT2D eigenvalue weighted by molar-refractivity contribution is 0.122. The van der Waals surface area contributed by atoms with Crippen molar-refractivity contribution in [1.82, 2.24) is 25.1 Å². The van der Waals surface area contributed by atoms with Crippen LogP contribution >= 0.6 is 0 Å². The number of rotatable bonds is 8. The molecule has 194 valence electrons. The van der Waals surface area contributed by atoms with Crippen molar-refractivity contribution >= 4 is 40.3 Å². The van der Waals surface area contributed by atoms with Gasteiger partial charge in [-0.05, 0) is 47.4 Å². The maximum Gasteiger partial charge on any atom is 0.154 e. The highest BCUT2D eigenvalue weighted by molar-refractivity contribution is 6.10. The van der Waals surface area contributed by atoms with Gasteiger partial charge in [0.05, 0.1) is 37.0 Å². The van der Waals surface area contributed by atoms with Crippen LogP contribution in [0.4, 0.5) is 17.5 Å². The van der Waals surface area contributed by atoms with E-state index >= 15 is 0 Å². The van der Waals surface area contributed by atoms with Gasteiger partial charge in [0, 0.05) is 49.0 Å². The molecule has 1 fully saturated rings. The molecule has 0 atom stereocenters. The van der Waals surface area contributed by atoms with Crippen LogP contribution in [-0.2, 0) is 11.3 Å². The van der Waals surface area contributed by atoms with Gasteiger partial charge in [-0.2, -0.15) is 5.10 Å². The number of aromatic nitrogens is 5. The number of fused-ring (bicyclic) bond motifs is 1. The molecule has 3 N–H and O–H groups in total. The molecule has 10 heteroatoms. The van der Waals surface area contributed by atoms with Crippen molar-refractivity contribution in [3.05, 3.63) is 77.9 Å². The van der Waals surface area contributed by atoms with Gasteiger partial charge in [0.1, 0.15) is 11.6 Å². The Hall–Kier alpha value is -4.44. The summed E-state index contributed by atoms with van der Waals surface area (Å²) in [5.74, 6) is 2.63. The van der Waals surface area contributed by atoms with Crippen LogP contribution < -0.4 is 16.0 Å². The van der Waals surface area contributed by atoms with E-state index in [1.54, 1.807) is 18.6 Å². The van der Waals surface area contributed by atoms with Gasteiger partial charge in [0.15, 0.2) is 5.82 Å². The Bertz CT molecular complexity index is 1440. The molecule has 0 aliphatic carbocycles. The number of nitrogens with zero attached hydrogens (tertiary/aromatic N) is 7. The molecule has 0 bridgehead atoms. The number of aliphatic imine (C=N–C) groups is 1. The Balaban J connectivity index is 1.27. The number of ether oxygens (including phenoxy) is 1. The van der Waals surface area contributed by atoms with E-state index in [1.807, 2.05) is 36.5 Å². The van der Waals surface area contributed by atoms with E-state index < -0.39 is 0 Å². The molecule has 0 aromatic carbocycles. The maximum atomic E-state index is 5.94. The molecule has 0 amide bonds. The lowest BCUT2D eigenvalue weighted by Crippen LogP contribution is -2.36. The standard InChI is InChI=1S/C28H31N9O/c1-19(2)21-12-27(36-33-18-21)35-26-5-4-24-25(34-26)11-22(17-31-24)23(13-29)16-30-14-20-3-6-28(32-15-20)37-7-9-38-10-8-37/h3-6,11-13,15-19H,7-10,14,29H2,1-2H3,(H,34,35,36). The van der Waals surface area contributed by atoms with E-state index in [0.29, 0.717) is 24.1 Å². The number of allylic oxidation sites excluding steroid dienone is 1. The van der Waals surface area contributed by atoms with Gasteiger partial charge in [0.2, 0.25) is 0 Å². The van der Waals surface area contributed by atoms with Crippen LogP contribution in [0.15, 0.2) is 66.2 Å². The average Bonchev–Trinajstić information content (AvgIpc) is 2.96. The number of anilines is 3. The first-order valence-corrected chi connectivity index (χ1v) is 12.7. The second-order valence-corrected chi connectivity index (χ2v) is 9.33. The van der Waals surface area contributed by atoms with Gasteiger partial charge in [0.25, 0.3) is 0 Å². The fourth-order valence-electron chi connectivity index (χ4n) is 4.08. The zero-order chi connectivity index (χ0) is 26.3. The molecule has 0 radical (unpaired) electrons. The third-order valence-corrected chi connectivity index (χ3v) is 6.30. The van der Waals surface area contributed by atoms with Crippen molar-refractivity contribution in [1.29, 1.82) is 0 Å². The minimum atomic E-state index is 0.358. The summed E-state index contributed by atoms with van der Waals surface area (Å²) in [7, 11) is 0. The quantitative estimate of drug-likeness (QED) is 0.338. The van der Waals surface area contributed by atoms with Crippen molar-refractivity contribution < 1.29 is 4.74 Å². The van der Waals surface area contributed by atoms with E-state index in [1.165, 1.54) is 6.20 Å². The molecule has 1 saturated heterocycles. The van der Waals surface area contributed by atoms with Crippen LogP contribution in [0.1, 0.15) is 36.5 Å². The lowest BCUT2D eigenvalue weighted by atomic mass is 10.1. The summed E-state index contributed by atoms with van der Waals surface area (Å²) in [4.78, 5) is 20.7. The van der Waals surface area contributed by atoms with E-state index in [-0.39, 0.29) is 0 Å². The van der Waals surface area contributed by atoms with Crippen LogP contribution in [0, 0.1) is 0 Å². The molecule has 38 heavy (non-hydrogen) atoms. The zero-order valence-electron chi connectivity index (χ0n) is 21.6. The summed E-state index contributed by atoms with van der Waals surface area (Å²) in [6, 6.07) is 11.8. The Kier molecular flexibility index (Phi) is 7.79. The van der Waals surface area contributed by atoms with Crippen molar-refractivity contribution in [2.24, 2.45) is 10.7 Å². The monoisotopic (exact) mass is 509 g/mol. The zero-order valence-corrected chi connectivity index (χ0v) is 21.6. The first-order valence-electron chi connectivity index (χ1n) is 12.7. The van der Waals surface area contributed by atoms with Crippen LogP contribution in [0.5, 0.6) is 0 Å². The third kappa shape index (κ3) is 6.09. The molecule has 1 aliphatic rings. The molecule has 1 aliphatic heterocycles. The summed E-state index contributed by atoms with van der Waals surface area (Å²) < 4.78 is 5.41. The van der Waals surface area contributed by atoms with Gasteiger partial charge in [-0.3, -0.25) is 9.98 Å². The Morgan fingerprint density at radius 3 is 2.68 bits per heavy atom. The molecule has 5 heterocycles. The number of nitrogens with two attached hydrogens (primary N) is 1. The fourth-order valence-corrected chi connectivity index (χ4v) is 4.08. The summed E-state index contributed by atoms with van der Waals surface area (Å²) in [6.45, 7) is 7.93. The fraction of sp³-hybridized carbons (Fsp3) is 0.286. The predicted molar refractivity (Wildman–Crippen MR) is 151 cm³/mol. The smallest absolute Gasteiger partial charge is 0.154 e. The second-order valence-electron chi connectivity index (χ2n) is 9.33. The SMILES string of the molecule is CC(C)c1cnnc(Nc2ccc3ncc(C(C=NCc4ccc(N5CCOCC5)nc4)=CN)cc3n2)c1. The third-order valence-electron chi connectivity index (χ3n) is 6.30. The van der Waals surface area contributed by atoms with E-state index in [0.717, 1.165) is 65.4 Å². The van der Waals surface area contributed by atoms with E-state index in [4.69, 9.17) is 15.5 Å². The molecular formula is C28H31N9O. The molecular weight excluding hydrogens is 478 g/mol. The number of pyridine rings is 3. The molecule has 0 saturated carbocycles. The van der Waals surface area contributed by atoms with E-state index in [9.17, 15) is 0 Å². The topological polar surface area (TPSA) is 127 Å². The van der Waals surface area contributed by atoms with Crippen molar-refractivity contribution in [2.45, 2.75) is 26.3 Å². The van der Waals surface area contributed by atoms with Crippen molar-refractivity contribution in [2.75, 3.05) is 36.5 Å². The normalized spacial score (nSPS) is 14.5. The molecule has 4 aromatic heterocycles. The molecule has 10 nitrogen and oxygen atoms in total. The number of morpholine rings is 1. The van der Waals surface area contributed by atoms with Crippen molar-refractivity contribution in [3.63, 3.8) is 0 Å². The Morgan fingerprint density at radius 2 is 1.92 bits per heavy atom. The summed E-state index contributed by atoms with van der Waals surface area (Å²) >= 11 is 0. The van der Waals surface area contributed by atoms with Crippen LogP contribution in [0.25, 0.3) is 16.6 Å². The predicted octanol–water partition coefficient (Wildman–Crippen LogP) is 4.09. The highest BCUT2D eigenvalue weighted by atomic mass is 16.5. The van der Waals surface area contributed by atoms with Gasteiger partial charge in [-0.15, -0.1) is 5.10 Å².